The lowest BCUT2D eigenvalue weighted by atomic mass is 9.92. The molecule has 0 radical (unpaired) electrons. The molecule has 11 heteroatoms. The van der Waals surface area contributed by atoms with Crippen LogP contribution in [0.15, 0.2) is 46.0 Å². The molecule has 4 heterocycles. The summed E-state index contributed by atoms with van der Waals surface area (Å²) in [4.78, 5) is 36.3. The first-order chi connectivity index (χ1) is 15.4. The Kier molecular flexibility index (Phi) is 5.13. The fourth-order valence-corrected chi connectivity index (χ4v) is 5.31. The standard InChI is InChI=1S/C21H19ClFN5O3S/c1-2-31-19(29)15-14-8-21(9-25-20(30)27-21)10-28(14)17(18-24-5-6-32-18)26-16(15)12-4-3-11(23)7-13(12)22/h3-7,16H,2,8-10H2,1H3,(H2,25,27,30)/t16-,21-/m0/s1. The van der Waals surface area contributed by atoms with Crippen molar-refractivity contribution in [2.24, 2.45) is 4.99 Å². The first-order valence-corrected chi connectivity index (χ1v) is 11.3. The van der Waals surface area contributed by atoms with Crippen LogP contribution in [0.2, 0.25) is 5.02 Å². The van der Waals surface area contributed by atoms with Gasteiger partial charge in [0.05, 0.1) is 17.7 Å². The van der Waals surface area contributed by atoms with Crippen molar-refractivity contribution in [1.29, 1.82) is 0 Å². The van der Waals surface area contributed by atoms with E-state index in [0.29, 0.717) is 47.2 Å². The molecule has 1 spiro atoms. The topological polar surface area (TPSA) is 95.9 Å². The van der Waals surface area contributed by atoms with Gasteiger partial charge in [-0.05, 0) is 19.1 Å². The van der Waals surface area contributed by atoms with Gasteiger partial charge < -0.3 is 20.3 Å². The quantitative estimate of drug-likeness (QED) is 0.663. The van der Waals surface area contributed by atoms with Crippen LogP contribution in [0.3, 0.4) is 0 Å². The highest BCUT2D eigenvalue weighted by Gasteiger charge is 2.51. The van der Waals surface area contributed by atoms with E-state index in [-0.39, 0.29) is 17.7 Å². The number of urea groups is 1. The van der Waals surface area contributed by atoms with Crippen molar-refractivity contribution in [2.75, 3.05) is 19.7 Å². The van der Waals surface area contributed by atoms with Crippen LogP contribution in [0.5, 0.6) is 0 Å². The summed E-state index contributed by atoms with van der Waals surface area (Å²) in [5.41, 5.74) is 0.924. The Morgan fingerprint density at radius 3 is 2.97 bits per heavy atom. The minimum Gasteiger partial charge on any atom is -0.463 e. The predicted octanol–water partition coefficient (Wildman–Crippen LogP) is 3.01. The summed E-state index contributed by atoms with van der Waals surface area (Å²) in [6, 6.07) is 2.97. The smallest absolute Gasteiger partial charge is 0.338 e. The van der Waals surface area contributed by atoms with Crippen molar-refractivity contribution in [3.05, 3.63) is 62.5 Å². The molecule has 2 atom stereocenters. The van der Waals surface area contributed by atoms with E-state index in [0.717, 1.165) is 0 Å². The molecule has 2 fully saturated rings. The molecule has 3 aliphatic rings. The average molecular weight is 476 g/mol. The maximum atomic E-state index is 13.8. The van der Waals surface area contributed by atoms with E-state index in [1.807, 2.05) is 10.3 Å². The van der Waals surface area contributed by atoms with Crippen molar-refractivity contribution in [2.45, 2.75) is 24.9 Å². The molecule has 0 bridgehead atoms. The monoisotopic (exact) mass is 475 g/mol. The minimum absolute atomic E-state index is 0.164. The number of aliphatic imine (C=N–C) groups is 1. The van der Waals surface area contributed by atoms with Crippen molar-refractivity contribution in [1.82, 2.24) is 20.5 Å². The van der Waals surface area contributed by atoms with E-state index >= 15 is 0 Å². The molecule has 8 nitrogen and oxygen atoms in total. The zero-order valence-corrected chi connectivity index (χ0v) is 18.6. The van der Waals surface area contributed by atoms with E-state index in [9.17, 15) is 14.0 Å². The van der Waals surface area contributed by atoms with Gasteiger partial charge in [-0.25, -0.2) is 19.0 Å². The van der Waals surface area contributed by atoms with Gasteiger partial charge >= 0.3 is 12.0 Å². The zero-order chi connectivity index (χ0) is 22.5. The minimum atomic E-state index is -0.799. The lowest BCUT2D eigenvalue weighted by Gasteiger charge is -2.32. The van der Waals surface area contributed by atoms with E-state index < -0.39 is 23.4 Å². The van der Waals surface area contributed by atoms with E-state index in [1.165, 1.54) is 29.5 Å². The molecular formula is C21H19ClFN5O3S. The lowest BCUT2D eigenvalue weighted by molar-refractivity contribution is -0.139. The first kappa shape index (κ1) is 20.9. The summed E-state index contributed by atoms with van der Waals surface area (Å²) in [5.74, 6) is -0.425. The summed E-state index contributed by atoms with van der Waals surface area (Å²) < 4.78 is 19.1. The molecule has 2 saturated heterocycles. The number of ether oxygens (including phenoxy) is 1. The summed E-state index contributed by atoms with van der Waals surface area (Å²) in [6.45, 7) is 2.75. The van der Waals surface area contributed by atoms with E-state index in [2.05, 4.69) is 15.6 Å². The molecule has 0 saturated carbocycles. The van der Waals surface area contributed by atoms with Gasteiger partial charge in [-0.15, -0.1) is 11.3 Å². The molecule has 2 amide bonds. The molecular weight excluding hydrogens is 457 g/mol. The van der Waals surface area contributed by atoms with Crippen LogP contribution >= 0.6 is 22.9 Å². The fraction of sp³-hybridized carbons (Fsp3) is 0.333. The molecule has 0 aliphatic carbocycles. The van der Waals surface area contributed by atoms with Gasteiger partial charge in [0.25, 0.3) is 0 Å². The average Bonchev–Trinajstić information content (AvgIpc) is 3.47. The number of hydrogen-bond donors (Lipinski definition) is 2. The fourth-order valence-electron chi connectivity index (χ4n) is 4.40. The predicted molar refractivity (Wildman–Crippen MR) is 117 cm³/mol. The summed E-state index contributed by atoms with van der Waals surface area (Å²) in [6.07, 6.45) is 2.08. The summed E-state index contributed by atoms with van der Waals surface area (Å²) >= 11 is 7.80. The Bertz CT molecular complexity index is 1170. The highest BCUT2D eigenvalue weighted by molar-refractivity contribution is 7.11. The number of carbonyl (C=O) groups excluding carboxylic acids is 2. The highest BCUT2D eigenvalue weighted by atomic mass is 35.5. The Hall–Kier alpha value is -2.98. The Balaban J connectivity index is 1.70. The largest absolute Gasteiger partial charge is 0.463 e. The van der Waals surface area contributed by atoms with Gasteiger partial charge in [0, 0.05) is 47.4 Å². The number of esters is 1. The number of fused-ring (bicyclic) bond motifs is 1. The number of nitrogens with one attached hydrogen (secondary N) is 2. The SMILES string of the molecule is CCOC(=O)C1=C2C[C@]3(CNC(=O)N3)CN2C(c2nccs2)=N[C@H]1c1ccc(F)cc1Cl. The highest BCUT2D eigenvalue weighted by Crippen LogP contribution is 2.45. The molecule has 5 rings (SSSR count). The van der Waals surface area contributed by atoms with Crippen molar-refractivity contribution >= 4 is 40.8 Å². The molecule has 1 aromatic heterocycles. The maximum absolute atomic E-state index is 13.8. The van der Waals surface area contributed by atoms with Crippen molar-refractivity contribution in [3.63, 3.8) is 0 Å². The van der Waals surface area contributed by atoms with Crippen molar-refractivity contribution in [3.8, 4) is 0 Å². The number of benzene rings is 1. The third-order valence-corrected chi connectivity index (χ3v) is 6.82. The molecule has 32 heavy (non-hydrogen) atoms. The Morgan fingerprint density at radius 1 is 1.47 bits per heavy atom. The number of hydrogen-bond acceptors (Lipinski definition) is 7. The first-order valence-electron chi connectivity index (χ1n) is 10.1. The van der Waals surface area contributed by atoms with Crippen molar-refractivity contribution < 1.29 is 18.7 Å². The molecule has 2 N–H and O–H groups in total. The van der Waals surface area contributed by atoms with E-state index in [1.54, 1.807) is 13.1 Å². The van der Waals surface area contributed by atoms with Gasteiger partial charge in [-0.2, -0.15) is 0 Å². The van der Waals surface area contributed by atoms with Crippen LogP contribution in [-0.4, -0.2) is 53.0 Å². The third kappa shape index (κ3) is 3.43. The Labute approximate surface area is 192 Å². The van der Waals surface area contributed by atoms with Crippen LogP contribution in [0.4, 0.5) is 9.18 Å². The number of thiazole rings is 1. The second kappa shape index (κ2) is 7.86. The molecule has 166 valence electrons. The number of nitrogens with zero attached hydrogens (tertiary/aromatic N) is 3. The molecule has 1 aromatic carbocycles. The maximum Gasteiger partial charge on any atom is 0.338 e. The summed E-state index contributed by atoms with van der Waals surface area (Å²) in [5, 5.41) is 8.47. The second-order valence-electron chi connectivity index (χ2n) is 7.79. The zero-order valence-electron chi connectivity index (χ0n) is 17.0. The molecule has 3 aliphatic heterocycles. The van der Waals surface area contributed by atoms with Gasteiger partial charge in [0.15, 0.2) is 10.8 Å². The van der Waals surface area contributed by atoms with Crippen LogP contribution in [0, 0.1) is 5.82 Å². The number of halogens is 2. The van der Waals surface area contributed by atoms with Gasteiger partial charge in [-0.1, -0.05) is 17.7 Å². The number of carbonyl (C=O) groups is 2. The third-order valence-electron chi connectivity index (χ3n) is 5.73. The lowest BCUT2D eigenvalue weighted by Crippen LogP contribution is -2.47. The van der Waals surface area contributed by atoms with Crippen LogP contribution in [-0.2, 0) is 9.53 Å². The van der Waals surface area contributed by atoms with Gasteiger partial charge in [-0.3, -0.25) is 4.99 Å². The molecule has 2 aromatic rings. The molecule has 0 unspecified atom stereocenters. The van der Waals surface area contributed by atoms with Gasteiger partial charge in [0.2, 0.25) is 0 Å². The Morgan fingerprint density at radius 2 is 2.31 bits per heavy atom. The summed E-state index contributed by atoms with van der Waals surface area (Å²) in [7, 11) is 0. The van der Waals surface area contributed by atoms with Crippen LogP contribution < -0.4 is 10.6 Å². The normalized spacial score (nSPS) is 24.3. The van der Waals surface area contributed by atoms with Crippen LogP contribution in [0.1, 0.15) is 30.0 Å². The second-order valence-corrected chi connectivity index (χ2v) is 9.09. The number of amidine groups is 1. The van der Waals surface area contributed by atoms with Gasteiger partial charge in [0.1, 0.15) is 11.9 Å². The van der Waals surface area contributed by atoms with E-state index in [4.69, 9.17) is 21.3 Å². The number of aromatic nitrogens is 1. The van der Waals surface area contributed by atoms with Crippen LogP contribution in [0.25, 0.3) is 0 Å². The number of rotatable bonds is 4. The number of amides is 2.